The number of benzene rings is 2. The van der Waals surface area contributed by atoms with E-state index < -0.39 is 0 Å². The van der Waals surface area contributed by atoms with Crippen molar-refractivity contribution in [1.82, 2.24) is 0 Å². The van der Waals surface area contributed by atoms with Gasteiger partial charge in [0.1, 0.15) is 11.5 Å². The lowest BCUT2D eigenvalue weighted by molar-refractivity contribution is -0.00519. The van der Waals surface area contributed by atoms with Crippen molar-refractivity contribution in [2.45, 2.75) is 43.9 Å². The molecule has 1 heteroatoms. The van der Waals surface area contributed by atoms with Crippen LogP contribution in [-0.4, -0.2) is 0 Å². The zero-order valence-electron chi connectivity index (χ0n) is 13.6. The van der Waals surface area contributed by atoms with Crippen LogP contribution in [0.1, 0.15) is 44.1 Å². The molecule has 0 heterocycles. The number of rotatable bonds is 3. The Kier molecular flexibility index (Phi) is 3.04. The highest BCUT2D eigenvalue weighted by Gasteiger charge is 2.51. The number of para-hydroxylation sites is 1. The first kappa shape index (κ1) is 13.7. The molecule has 4 saturated carbocycles. The van der Waals surface area contributed by atoms with Crippen LogP contribution in [0.15, 0.2) is 54.6 Å². The maximum atomic E-state index is 5.95. The van der Waals surface area contributed by atoms with Crippen LogP contribution in [0, 0.1) is 17.8 Å². The fourth-order valence-corrected chi connectivity index (χ4v) is 5.97. The molecule has 4 bridgehead atoms. The van der Waals surface area contributed by atoms with E-state index in [0.29, 0.717) is 5.41 Å². The summed E-state index contributed by atoms with van der Waals surface area (Å²) in [5.41, 5.74) is 2.05. The molecule has 1 nitrogen and oxygen atoms in total. The summed E-state index contributed by atoms with van der Waals surface area (Å²) in [6.45, 7) is 0. The summed E-state index contributed by atoms with van der Waals surface area (Å²) >= 11 is 0. The molecule has 4 fully saturated rings. The number of hydrogen-bond donors (Lipinski definition) is 0. The minimum atomic E-state index is 0.486. The van der Waals surface area contributed by atoms with Crippen LogP contribution in [0.5, 0.6) is 11.5 Å². The van der Waals surface area contributed by atoms with E-state index in [1.165, 1.54) is 38.5 Å². The molecule has 0 aromatic heterocycles. The summed E-state index contributed by atoms with van der Waals surface area (Å²) < 4.78 is 5.95. The minimum absolute atomic E-state index is 0.486. The highest BCUT2D eigenvalue weighted by Crippen LogP contribution is 2.60. The first-order valence-corrected chi connectivity index (χ1v) is 9.13. The average molecular weight is 304 g/mol. The molecule has 2 aromatic carbocycles. The number of ether oxygens (including phenoxy) is 1. The van der Waals surface area contributed by atoms with Crippen molar-refractivity contribution >= 4 is 0 Å². The van der Waals surface area contributed by atoms with Gasteiger partial charge in [-0.25, -0.2) is 0 Å². The van der Waals surface area contributed by atoms with E-state index in [9.17, 15) is 0 Å². The van der Waals surface area contributed by atoms with Gasteiger partial charge in [0.2, 0.25) is 0 Å². The number of hydrogen-bond acceptors (Lipinski definition) is 1. The van der Waals surface area contributed by atoms with Gasteiger partial charge in [0.05, 0.1) is 0 Å². The van der Waals surface area contributed by atoms with Gasteiger partial charge in [-0.1, -0.05) is 30.3 Å². The van der Waals surface area contributed by atoms with E-state index in [-0.39, 0.29) is 0 Å². The van der Waals surface area contributed by atoms with Gasteiger partial charge in [-0.15, -0.1) is 0 Å². The van der Waals surface area contributed by atoms with E-state index in [0.717, 1.165) is 29.3 Å². The molecule has 6 rings (SSSR count). The normalized spacial score (nSPS) is 34.5. The Balaban J connectivity index is 1.39. The van der Waals surface area contributed by atoms with Crippen molar-refractivity contribution in [3.05, 3.63) is 60.2 Å². The van der Waals surface area contributed by atoms with E-state index in [1.807, 2.05) is 30.3 Å². The summed E-state index contributed by atoms with van der Waals surface area (Å²) in [5.74, 6) is 4.87. The molecule has 0 amide bonds. The van der Waals surface area contributed by atoms with Gasteiger partial charge in [-0.3, -0.25) is 0 Å². The Morgan fingerprint density at radius 2 is 1.17 bits per heavy atom. The van der Waals surface area contributed by atoms with E-state index in [1.54, 1.807) is 5.56 Å². The molecule has 0 radical (unpaired) electrons. The molecule has 23 heavy (non-hydrogen) atoms. The standard InChI is InChI=1S/C22H24O/c1-2-4-20(5-3-1)23-21-8-6-19(7-9-21)22-13-16-10-17(14-22)12-18(11-16)15-22/h1-9,16-18H,10-15H2. The predicted molar refractivity (Wildman–Crippen MR) is 92.8 cm³/mol. The summed E-state index contributed by atoms with van der Waals surface area (Å²) in [5, 5.41) is 0. The van der Waals surface area contributed by atoms with Gasteiger partial charge in [-0.2, -0.15) is 0 Å². The Morgan fingerprint density at radius 1 is 0.652 bits per heavy atom. The van der Waals surface area contributed by atoms with Gasteiger partial charge in [0.25, 0.3) is 0 Å². The third-order valence-electron chi connectivity index (χ3n) is 6.48. The smallest absolute Gasteiger partial charge is 0.127 e. The summed E-state index contributed by atoms with van der Waals surface area (Å²) in [6, 6.07) is 19.1. The van der Waals surface area contributed by atoms with Crippen LogP contribution in [0.2, 0.25) is 0 Å². The summed E-state index contributed by atoms with van der Waals surface area (Å²) in [7, 11) is 0. The zero-order valence-corrected chi connectivity index (χ0v) is 13.6. The second-order valence-electron chi connectivity index (χ2n) is 8.14. The van der Waals surface area contributed by atoms with Crippen molar-refractivity contribution in [1.29, 1.82) is 0 Å². The fourth-order valence-electron chi connectivity index (χ4n) is 5.97. The molecule has 0 saturated heterocycles. The molecule has 0 unspecified atom stereocenters. The molecule has 0 spiro atoms. The third kappa shape index (κ3) is 2.38. The Hall–Kier alpha value is -1.76. The second-order valence-corrected chi connectivity index (χ2v) is 8.14. The van der Waals surface area contributed by atoms with E-state index in [2.05, 4.69) is 24.3 Å². The monoisotopic (exact) mass is 304 g/mol. The summed E-state index contributed by atoms with van der Waals surface area (Å²) in [4.78, 5) is 0. The second kappa shape index (κ2) is 5.12. The maximum absolute atomic E-state index is 5.95. The van der Waals surface area contributed by atoms with Gasteiger partial charge in [0, 0.05) is 0 Å². The highest BCUT2D eigenvalue weighted by molar-refractivity contribution is 5.37. The summed E-state index contributed by atoms with van der Waals surface area (Å²) in [6.07, 6.45) is 8.81. The maximum Gasteiger partial charge on any atom is 0.127 e. The van der Waals surface area contributed by atoms with Crippen LogP contribution in [0.3, 0.4) is 0 Å². The van der Waals surface area contributed by atoms with E-state index >= 15 is 0 Å². The molecule has 0 N–H and O–H groups in total. The predicted octanol–water partition coefficient (Wildman–Crippen LogP) is 5.95. The van der Waals surface area contributed by atoms with Gasteiger partial charge >= 0.3 is 0 Å². The molecule has 4 aliphatic rings. The van der Waals surface area contributed by atoms with E-state index in [4.69, 9.17) is 4.74 Å². The van der Waals surface area contributed by atoms with Crippen molar-refractivity contribution in [2.75, 3.05) is 0 Å². The van der Waals surface area contributed by atoms with Gasteiger partial charge in [0.15, 0.2) is 0 Å². The molecule has 0 atom stereocenters. The lowest BCUT2D eigenvalue weighted by atomic mass is 9.48. The molecular formula is C22H24O. The fraction of sp³-hybridized carbons (Fsp3) is 0.455. The van der Waals surface area contributed by atoms with Gasteiger partial charge < -0.3 is 4.74 Å². The largest absolute Gasteiger partial charge is 0.457 e. The van der Waals surface area contributed by atoms with Crippen molar-refractivity contribution in [2.24, 2.45) is 17.8 Å². The van der Waals surface area contributed by atoms with Crippen molar-refractivity contribution in [3.63, 3.8) is 0 Å². The Morgan fingerprint density at radius 3 is 1.74 bits per heavy atom. The molecule has 4 aliphatic carbocycles. The SMILES string of the molecule is c1ccc(Oc2ccc(C34CC5CC(CC(C5)C3)C4)cc2)cc1. The van der Waals surface area contributed by atoms with Crippen LogP contribution in [0.4, 0.5) is 0 Å². The first-order chi connectivity index (χ1) is 11.3. The lowest BCUT2D eigenvalue weighted by Gasteiger charge is -2.57. The van der Waals surface area contributed by atoms with Crippen LogP contribution >= 0.6 is 0 Å². The van der Waals surface area contributed by atoms with Crippen molar-refractivity contribution < 1.29 is 4.74 Å². The Bertz CT molecular complexity index is 650. The third-order valence-corrected chi connectivity index (χ3v) is 6.48. The molecular weight excluding hydrogens is 280 g/mol. The molecule has 0 aliphatic heterocycles. The lowest BCUT2D eigenvalue weighted by Crippen LogP contribution is -2.48. The molecule has 118 valence electrons. The van der Waals surface area contributed by atoms with Gasteiger partial charge in [-0.05, 0) is 91.5 Å². The van der Waals surface area contributed by atoms with Crippen molar-refractivity contribution in [3.8, 4) is 11.5 Å². The average Bonchev–Trinajstić information content (AvgIpc) is 2.55. The highest BCUT2D eigenvalue weighted by atomic mass is 16.5. The quantitative estimate of drug-likeness (QED) is 0.681. The zero-order chi connectivity index (χ0) is 15.3. The first-order valence-electron chi connectivity index (χ1n) is 9.13. The minimum Gasteiger partial charge on any atom is -0.457 e. The molecule has 2 aromatic rings. The Labute approximate surface area is 138 Å². The van der Waals surface area contributed by atoms with Crippen LogP contribution < -0.4 is 4.74 Å². The van der Waals surface area contributed by atoms with Crippen LogP contribution in [0.25, 0.3) is 0 Å². The van der Waals surface area contributed by atoms with Crippen LogP contribution in [-0.2, 0) is 5.41 Å². The topological polar surface area (TPSA) is 9.23 Å².